The first-order chi connectivity index (χ1) is 9.86. The molecule has 0 radical (unpaired) electrons. The van der Waals surface area contributed by atoms with Crippen molar-refractivity contribution in [3.63, 3.8) is 0 Å². The van der Waals surface area contributed by atoms with Crippen LogP contribution in [0.4, 0.5) is 5.69 Å². The molecule has 21 heavy (non-hydrogen) atoms. The fourth-order valence-corrected chi connectivity index (χ4v) is 1.68. The molecule has 10 heteroatoms. The Hall–Kier alpha value is -2.26. The molecule has 0 spiro atoms. The Bertz CT molecular complexity index is 565. The van der Waals surface area contributed by atoms with Crippen LogP contribution in [0.15, 0.2) is 12.3 Å². The van der Waals surface area contributed by atoms with Crippen LogP contribution >= 0.6 is 11.6 Å². The number of amides is 1. The molecule has 0 atom stereocenters. The molecule has 0 aromatic carbocycles. The zero-order valence-corrected chi connectivity index (χ0v) is 11.7. The number of carbonyl (C=O) groups is 2. The SMILES string of the molecule is COCCN(CC(=O)O)C(=O)c1cc(Cl)ncc1[N+](=O)[O-]. The summed E-state index contributed by atoms with van der Waals surface area (Å²) in [4.78, 5) is 37.6. The Morgan fingerprint density at radius 3 is 2.76 bits per heavy atom. The highest BCUT2D eigenvalue weighted by molar-refractivity contribution is 6.29. The van der Waals surface area contributed by atoms with E-state index in [1.807, 2.05) is 0 Å². The van der Waals surface area contributed by atoms with Crippen LogP contribution in [0.5, 0.6) is 0 Å². The van der Waals surface area contributed by atoms with Crippen molar-refractivity contribution in [1.29, 1.82) is 0 Å². The lowest BCUT2D eigenvalue weighted by Crippen LogP contribution is -2.38. The van der Waals surface area contributed by atoms with Gasteiger partial charge in [0.15, 0.2) is 0 Å². The van der Waals surface area contributed by atoms with E-state index >= 15 is 0 Å². The molecule has 0 fully saturated rings. The van der Waals surface area contributed by atoms with Crippen molar-refractivity contribution in [2.75, 3.05) is 26.8 Å². The van der Waals surface area contributed by atoms with Crippen molar-refractivity contribution in [1.82, 2.24) is 9.88 Å². The molecule has 0 unspecified atom stereocenters. The first kappa shape index (κ1) is 16.8. The number of ether oxygens (including phenoxy) is 1. The Labute approximate surface area is 124 Å². The molecule has 9 nitrogen and oxygen atoms in total. The van der Waals surface area contributed by atoms with E-state index in [2.05, 4.69) is 4.98 Å². The molecule has 1 N–H and O–H groups in total. The van der Waals surface area contributed by atoms with E-state index in [0.717, 1.165) is 17.2 Å². The number of carboxylic acid groups (broad SMARTS) is 1. The quantitative estimate of drug-likeness (QED) is 0.448. The van der Waals surface area contributed by atoms with Crippen molar-refractivity contribution >= 4 is 29.2 Å². The molecule has 0 saturated heterocycles. The second-order valence-electron chi connectivity index (χ2n) is 3.89. The van der Waals surface area contributed by atoms with Gasteiger partial charge in [0.25, 0.3) is 11.6 Å². The van der Waals surface area contributed by atoms with E-state index in [1.54, 1.807) is 0 Å². The number of aromatic nitrogens is 1. The molecule has 1 amide bonds. The van der Waals surface area contributed by atoms with Gasteiger partial charge in [-0.25, -0.2) is 4.98 Å². The van der Waals surface area contributed by atoms with Crippen molar-refractivity contribution < 1.29 is 24.4 Å². The molecule has 0 aliphatic rings. The predicted molar refractivity (Wildman–Crippen MR) is 71.3 cm³/mol. The highest BCUT2D eigenvalue weighted by Gasteiger charge is 2.26. The third kappa shape index (κ3) is 4.65. The smallest absolute Gasteiger partial charge is 0.323 e. The number of carbonyl (C=O) groups excluding carboxylic acids is 1. The zero-order chi connectivity index (χ0) is 16.0. The summed E-state index contributed by atoms with van der Waals surface area (Å²) in [5.74, 6) is -2.08. The van der Waals surface area contributed by atoms with Crippen molar-refractivity contribution in [3.05, 3.63) is 33.1 Å². The van der Waals surface area contributed by atoms with Crippen LogP contribution in [0.1, 0.15) is 10.4 Å². The average Bonchev–Trinajstić information content (AvgIpc) is 2.41. The van der Waals surface area contributed by atoms with Crippen LogP contribution in [0.2, 0.25) is 5.15 Å². The normalized spacial score (nSPS) is 10.2. The lowest BCUT2D eigenvalue weighted by molar-refractivity contribution is -0.385. The number of hydrogen-bond donors (Lipinski definition) is 1. The molecule has 0 bridgehead atoms. The molecule has 1 aromatic heterocycles. The number of pyridine rings is 1. The predicted octanol–water partition coefficient (Wildman–Crippen LogP) is 0.816. The molecule has 1 rings (SSSR count). The number of nitrogens with zero attached hydrogens (tertiary/aromatic N) is 3. The number of methoxy groups -OCH3 is 1. The molecule has 0 aliphatic heterocycles. The summed E-state index contributed by atoms with van der Waals surface area (Å²) < 4.78 is 4.78. The molecule has 1 aromatic rings. The molecular weight excluding hydrogens is 306 g/mol. The standard InChI is InChI=1S/C11H12ClN3O6/c1-21-3-2-14(6-10(16)17)11(18)7-4-9(12)13-5-8(7)15(19)20/h4-5H,2-3,6H2,1H3,(H,16,17). The molecule has 1 heterocycles. The molecule has 114 valence electrons. The van der Waals surface area contributed by atoms with Crippen LogP contribution in [0.25, 0.3) is 0 Å². The number of halogens is 1. The van der Waals surface area contributed by atoms with Crippen molar-refractivity contribution in [2.24, 2.45) is 0 Å². The van der Waals surface area contributed by atoms with Gasteiger partial charge in [-0.1, -0.05) is 11.6 Å². The lowest BCUT2D eigenvalue weighted by atomic mass is 10.2. The summed E-state index contributed by atoms with van der Waals surface area (Å²) in [6.07, 6.45) is 0.852. The van der Waals surface area contributed by atoms with Gasteiger partial charge in [-0.3, -0.25) is 19.7 Å². The van der Waals surface area contributed by atoms with E-state index in [1.165, 1.54) is 7.11 Å². The second kappa shape index (κ2) is 7.50. The van der Waals surface area contributed by atoms with Crippen molar-refractivity contribution in [2.45, 2.75) is 0 Å². The number of hydrogen-bond acceptors (Lipinski definition) is 6. The number of nitro groups is 1. The number of carboxylic acids is 1. The fraction of sp³-hybridized carbons (Fsp3) is 0.364. The minimum absolute atomic E-state index is 0.0290. The van der Waals surface area contributed by atoms with Gasteiger partial charge in [-0.05, 0) is 6.07 Å². The third-order valence-electron chi connectivity index (χ3n) is 2.46. The number of rotatable bonds is 7. The molecular formula is C11H12ClN3O6. The first-order valence-electron chi connectivity index (χ1n) is 5.66. The summed E-state index contributed by atoms with van der Waals surface area (Å²) >= 11 is 5.63. The third-order valence-corrected chi connectivity index (χ3v) is 2.66. The monoisotopic (exact) mass is 317 g/mol. The minimum atomic E-state index is -1.25. The van der Waals surface area contributed by atoms with Gasteiger partial charge in [-0.15, -0.1) is 0 Å². The van der Waals surface area contributed by atoms with E-state index in [9.17, 15) is 19.7 Å². The van der Waals surface area contributed by atoms with Crippen LogP contribution in [-0.2, 0) is 9.53 Å². The van der Waals surface area contributed by atoms with E-state index in [4.69, 9.17) is 21.4 Å². The summed E-state index contributed by atoms with van der Waals surface area (Å²) in [7, 11) is 1.38. The zero-order valence-electron chi connectivity index (χ0n) is 11.0. The van der Waals surface area contributed by atoms with Gasteiger partial charge in [0.2, 0.25) is 0 Å². The van der Waals surface area contributed by atoms with E-state index in [0.29, 0.717) is 0 Å². The summed E-state index contributed by atoms with van der Waals surface area (Å²) in [5.41, 5.74) is -0.866. The van der Waals surface area contributed by atoms with Gasteiger partial charge in [0.05, 0.1) is 11.5 Å². The maximum atomic E-state index is 12.3. The Morgan fingerprint density at radius 2 is 2.24 bits per heavy atom. The van der Waals surface area contributed by atoms with Crippen LogP contribution in [-0.4, -0.2) is 58.6 Å². The average molecular weight is 318 g/mol. The largest absolute Gasteiger partial charge is 0.480 e. The van der Waals surface area contributed by atoms with Gasteiger partial charge in [0.1, 0.15) is 23.5 Å². The maximum Gasteiger partial charge on any atom is 0.323 e. The van der Waals surface area contributed by atoms with Gasteiger partial charge in [-0.2, -0.15) is 0 Å². The topological polar surface area (TPSA) is 123 Å². The van der Waals surface area contributed by atoms with E-state index in [-0.39, 0.29) is 23.9 Å². The minimum Gasteiger partial charge on any atom is -0.480 e. The lowest BCUT2D eigenvalue weighted by Gasteiger charge is -2.20. The highest BCUT2D eigenvalue weighted by atomic mass is 35.5. The summed E-state index contributed by atoms with van der Waals surface area (Å²) in [6, 6.07) is 1.03. The first-order valence-corrected chi connectivity index (χ1v) is 6.04. The Kier molecular flexibility index (Phi) is 6.00. The molecule has 0 saturated carbocycles. The molecule has 0 aliphatic carbocycles. The fourth-order valence-electron chi connectivity index (χ4n) is 1.53. The van der Waals surface area contributed by atoms with Crippen molar-refractivity contribution in [3.8, 4) is 0 Å². The van der Waals surface area contributed by atoms with E-state index < -0.39 is 29.0 Å². The summed E-state index contributed by atoms with van der Waals surface area (Å²) in [6.45, 7) is -0.552. The second-order valence-corrected chi connectivity index (χ2v) is 4.28. The maximum absolute atomic E-state index is 12.3. The number of aliphatic carboxylic acids is 1. The van der Waals surface area contributed by atoms with Gasteiger partial charge >= 0.3 is 5.97 Å². The Balaban J connectivity index is 3.15. The Morgan fingerprint density at radius 1 is 1.57 bits per heavy atom. The van der Waals surface area contributed by atoms with Gasteiger partial charge < -0.3 is 14.7 Å². The highest BCUT2D eigenvalue weighted by Crippen LogP contribution is 2.22. The van der Waals surface area contributed by atoms with Crippen LogP contribution < -0.4 is 0 Å². The summed E-state index contributed by atoms with van der Waals surface area (Å²) in [5, 5.41) is 19.6. The van der Waals surface area contributed by atoms with Crippen LogP contribution in [0, 0.1) is 10.1 Å². The van der Waals surface area contributed by atoms with Gasteiger partial charge in [0, 0.05) is 13.7 Å². The van der Waals surface area contributed by atoms with Crippen LogP contribution in [0.3, 0.4) is 0 Å².